The highest BCUT2D eigenvalue weighted by molar-refractivity contribution is 7.92. The number of sulfonamides is 1. The Morgan fingerprint density at radius 1 is 1.22 bits per heavy atom. The Balaban J connectivity index is 1.88. The van der Waals surface area contributed by atoms with Gasteiger partial charge in [-0.25, -0.2) is 8.42 Å². The highest BCUT2D eigenvalue weighted by Gasteiger charge is 2.28. The van der Waals surface area contributed by atoms with E-state index >= 15 is 0 Å². The third-order valence-electron chi connectivity index (χ3n) is 5.42. The lowest BCUT2D eigenvalue weighted by atomic mass is 10.0. The van der Waals surface area contributed by atoms with E-state index in [1.165, 1.54) is 4.31 Å². The zero-order chi connectivity index (χ0) is 23.1. The monoisotopic (exact) mass is 461 g/mol. The molecule has 1 fully saturated rings. The van der Waals surface area contributed by atoms with Crippen molar-refractivity contribution in [1.29, 1.82) is 0 Å². The van der Waals surface area contributed by atoms with E-state index in [1.807, 2.05) is 37.3 Å². The van der Waals surface area contributed by atoms with Crippen LogP contribution in [0.1, 0.15) is 35.7 Å². The average molecular weight is 462 g/mol. The largest absolute Gasteiger partial charge is 0.494 e. The number of nitrogens with zero attached hydrogens (tertiary/aromatic N) is 1. The molecule has 0 aromatic heterocycles. The fourth-order valence-electron chi connectivity index (χ4n) is 3.75. The summed E-state index contributed by atoms with van der Waals surface area (Å²) in [6.07, 6.45) is 0.844. The van der Waals surface area contributed by atoms with E-state index in [2.05, 4.69) is 5.32 Å². The van der Waals surface area contributed by atoms with Crippen LogP contribution < -0.4 is 20.1 Å². The predicted molar refractivity (Wildman–Crippen MR) is 124 cm³/mol. The molecular weight excluding hydrogens is 430 g/mol. The first-order chi connectivity index (χ1) is 15.3. The molecule has 1 aliphatic heterocycles. The Bertz CT molecular complexity index is 1010. The summed E-state index contributed by atoms with van der Waals surface area (Å²) in [4.78, 5) is 13.1. The number of rotatable bonds is 9. The minimum atomic E-state index is -3.44. The van der Waals surface area contributed by atoms with Gasteiger partial charge in [-0.1, -0.05) is 30.3 Å². The van der Waals surface area contributed by atoms with Gasteiger partial charge in [-0.3, -0.25) is 9.10 Å². The lowest BCUT2D eigenvalue weighted by molar-refractivity contribution is 0.0845. The van der Waals surface area contributed by atoms with E-state index in [0.717, 1.165) is 12.0 Å². The lowest BCUT2D eigenvalue weighted by Gasteiger charge is -2.29. The van der Waals surface area contributed by atoms with Crippen molar-refractivity contribution in [2.45, 2.75) is 38.3 Å². The summed E-state index contributed by atoms with van der Waals surface area (Å²) in [6, 6.07) is 13.7. The van der Waals surface area contributed by atoms with Crippen molar-refractivity contribution < 1.29 is 23.1 Å². The van der Waals surface area contributed by atoms with Crippen LogP contribution in [-0.4, -0.2) is 57.0 Å². The number of carbonyl (C=O) groups excluding carboxylic acids is 1. The minimum Gasteiger partial charge on any atom is -0.494 e. The smallest absolute Gasteiger partial charge is 0.251 e. The van der Waals surface area contributed by atoms with E-state index in [0.29, 0.717) is 37.4 Å². The Kier molecular flexibility index (Phi) is 8.11. The quantitative estimate of drug-likeness (QED) is 0.522. The number of carbonyl (C=O) groups is 1. The summed E-state index contributed by atoms with van der Waals surface area (Å²) in [5.74, 6) is 0.0560. The third kappa shape index (κ3) is 5.99. The molecule has 1 saturated heterocycles. The first-order valence-corrected chi connectivity index (χ1v) is 12.5. The van der Waals surface area contributed by atoms with E-state index in [-0.39, 0.29) is 17.9 Å². The molecule has 0 unspecified atom stereocenters. The molecule has 4 N–H and O–H groups in total. The van der Waals surface area contributed by atoms with Crippen molar-refractivity contribution in [3.63, 3.8) is 0 Å². The van der Waals surface area contributed by atoms with Crippen LogP contribution in [0.3, 0.4) is 0 Å². The fraction of sp³-hybridized carbons (Fsp3) is 0.435. The van der Waals surface area contributed by atoms with Gasteiger partial charge in [0.25, 0.3) is 5.91 Å². The number of aliphatic hydroxyl groups is 1. The SMILES string of the molecule is CCOc1cc(C(=O)N[C@@H](Cc2ccccc2)[C@H](O)CN)cc(N2CCCCS2(=O)=O)c1. The average Bonchev–Trinajstić information content (AvgIpc) is 2.78. The van der Waals surface area contributed by atoms with Crippen LogP contribution in [0.15, 0.2) is 48.5 Å². The first kappa shape index (κ1) is 24.0. The number of hydrogen-bond acceptors (Lipinski definition) is 6. The third-order valence-corrected chi connectivity index (χ3v) is 7.29. The van der Waals surface area contributed by atoms with Crippen LogP contribution in [-0.2, 0) is 16.4 Å². The van der Waals surface area contributed by atoms with Gasteiger partial charge in [-0.05, 0) is 43.9 Å². The van der Waals surface area contributed by atoms with Crippen LogP contribution in [0, 0.1) is 0 Å². The molecule has 8 nitrogen and oxygen atoms in total. The van der Waals surface area contributed by atoms with Gasteiger partial charge in [0.1, 0.15) is 5.75 Å². The second-order valence-corrected chi connectivity index (χ2v) is 9.83. The normalized spacial score (nSPS) is 17.4. The number of aliphatic hydroxyl groups excluding tert-OH is 1. The van der Waals surface area contributed by atoms with E-state index in [4.69, 9.17) is 10.5 Å². The highest BCUT2D eigenvalue weighted by Crippen LogP contribution is 2.29. The van der Waals surface area contributed by atoms with E-state index in [9.17, 15) is 18.3 Å². The van der Waals surface area contributed by atoms with Gasteiger partial charge in [0.05, 0.1) is 30.2 Å². The van der Waals surface area contributed by atoms with Crippen molar-refractivity contribution in [1.82, 2.24) is 5.32 Å². The summed E-state index contributed by atoms with van der Waals surface area (Å²) in [5.41, 5.74) is 7.27. The Labute approximate surface area is 189 Å². The minimum absolute atomic E-state index is 0.00592. The first-order valence-electron chi connectivity index (χ1n) is 10.8. The van der Waals surface area contributed by atoms with Gasteiger partial charge in [-0.2, -0.15) is 0 Å². The summed E-state index contributed by atoms with van der Waals surface area (Å²) in [6.45, 7) is 2.55. The molecule has 174 valence electrons. The van der Waals surface area contributed by atoms with Crippen molar-refractivity contribution in [3.05, 3.63) is 59.7 Å². The molecule has 1 aliphatic rings. The number of amides is 1. The molecule has 2 atom stereocenters. The molecule has 0 spiro atoms. The van der Waals surface area contributed by atoms with Crippen LogP contribution in [0.5, 0.6) is 5.75 Å². The maximum Gasteiger partial charge on any atom is 0.251 e. The van der Waals surface area contributed by atoms with Gasteiger partial charge >= 0.3 is 0 Å². The zero-order valence-corrected chi connectivity index (χ0v) is 19.1. The summed E-state index contributed by atoms with van der Waals surface area (Å²) in [7, 11) is -3.44. The van der Waals surface area contributed by atoms with E-state index in [1.54, 1.807) is 18.2 Å². The van der Waals surface area contributed by atoms with Crippen molar-refractivity contribution in [2.75, 3.05) is 29.8 Å². The number of nitrogens with one attached hydrogen (secondary N) is 1. The van der Waals surface area contributed by atoms with Crippen LogP contribution in [0.2, 0.25) is 0 Å². The molecule has 32 heavy (non-hydrogen) atoms. The molecule has 0 radical (unpaired) electrons. The van der Waals surface area contributed by atoms with Crippen LogP contribution in [0.25, 0.3) is 0 Å². The van der Waals surface area contributed by atoms with Crippen LogP contribution >= 0.6 is 0 Å². The molecule has 0 aliphatic carbocycles. The van der Waals surface area contributed by atoms with Crippen molar-refractivity contribution in [2.24, 2.45) is 5.73 Å². The fourth-order valence-corrected chi connectivity index (χ4v) is 5.38. The Morgan fingerprint density at radius 2 is 1.97 bits per heavy atom. The van der Waals surface area contributed by atoms with E-state index < -0.39 is 28.1 Å². The molecule has 0 saturated carbocycles. The molecule has 0 bridgehead atoms. The van der Waals surface area contributed by atoms with Crippen molar-refractivity contribution >= 4 is 21.6 Å². The number of nitrogens with two attached hydrogens (primary N) is 1. The van der Waals surface area contributed by atoms with Gasteiger partial charge in [0.15, 0.2) is 0 Å². The van der Waals surface area contributed by atoms with Crippen molar-refractivity contribution in [3.8, 4) is 5.75 Å². The number of hydrogen-bond donors (Lipinski definition) is 3. The lowest BCUT2D eigenvalue weighted by Crippen LogP contribution is -2.47. The summed E-state index contributed by atoms with van der Waals surface area (Å²) in [5, 5.41) is 13.2. The maximum absolute atomic E-state index is 13.1. The highest BCUT2D eigenvalue weighted by atomic mass is 32.2. The molecule has 9 heteroatoms. The zero-order valence-electron chi connectivity index (χ0n) is 18.2. The molecular formula is C23H31N3O5S. The predicted octanol–water partition coefficient (Wildman–Crippen LogP) is 1.68. The number of benzene rings is 2. The molecule has 3 rings (SSSR count). The van der Waals surface area contributed by atoms with Gasteiger partial charge in [0.2, 0.25) is 10.0 Å². The topological polar surface area (TPSA) is 122 Å². The summed E-state index contributed by atoms with van der Waals surface area (Å²) >= 11 is 0. The molecule has 2 aromatic carbocycles. The second-order valence-electron chi connectivity index (χ2n) is 7.82. The Morgan fingerprint density at radius 3 is 2.62 bits per heavy atom. The number of ether oxygens (including phenoxy) is 1. The van der Waals surface area contributed by atoms with Crippen LogP contribution in [0.4, 0.5) is 5.69 Å². The molecule has 2 aromatic rings. The van der Waals surface area contributed by atoms with Gasteiger partial charge < -0.3 is 20.9 Å². The molecule has 1 heterocycles. The maximum atomic E-state index is 13.1. The van der Waals surface area contributed by atoms with Gasteiger partial charge in [0, 0.05) is 24.7 Å². The van der Waals surface area contributed by atoms with Gasteiger partial charge in [-0.15, -0.1) is 0 Å². The summed E-state index contributed by atoms with van der Waals surface area (Å²) < 4.78 is 32.1. The standard InChI is InChI=1S/C23H31N3O5S/c1-2-31-20-14-18(13-19(15-20)26-10-6-7-11-32(26,29)30)23(28)25-21(22(27)16-24)12-17-8-4-3-5-9-17/h3-5,8-9,13-15,21-22,27H,2,6-7,10-12,16,24H2,1H3,(H,25,28)/t21-,22+/m0/s1. The molecule has 1 amide bonds. The Hall–Kier alpha value is -2.62. The number of anilines is 1. The second kappa shape index (κ2) is 10.8.